The van der Waals surface area contributed by atoms with E-state index in [0.717, 1.165) is 16.6 Å². The van der Waals surface area contributed by atoms with E-state index in [0.29, 0.717) is 10.8 Å². The predicted molar refractivity (Wildman–Crippen MR) is 118 cm³/mol. The highest BCUT2D eigenvalue weighted by Gasteiger charge is 2.21. The highest BCUT2D eigenvalue weighted by Crippen LogP contribution is 2.31. The number of anilines is 2. The van der Waals surface area contributed by atoms with Crippen LogP contribution in [0.3, 0.4) is 0 Å². The van der Waals surface area contributed by atoms with Crippen LogP contribution in [0.5, 0.6) is 0 Å². The van der Waals surface area contributed by atoms with Crippen LogP contribution in [0.25, 0.3) is 10.9 Å². The lowest BCUT2D eigenvalue weighted by atomic mass is 10.2. The zero-order valence-electron chi connectivity index (χ0n) is 17.0. The lowest BCUT2D eigenvalue weighted by Gasteiger charge is -2.18. The average molecular weight is 437 g/mol. The lowest BCUT2D eigenvalue weighted by molar-refractivity contribution is -0.145. The molecule has 4 rings (SSSR count). The van der Waals surface area contributed by atoms with Crippen molar-refractivity contribution >= 4 is 44.9 Å². The van der Waals surface area contributed by atoms with Gasteiger partial charge in [-0.2, -0.15) is 0 Å². The summed E-state index contributed by atoms with van der Waals surface area (Å²) in [5.74, 6) is -1.27. The van der Waals surface area contributed by atoms with Gasteiger partial charge in [0.15, 0.2) is 5.13 Å². The summed E-state index contributed by atoms with van der Waals surface area (Å²) in [6.07, 6.45) is 0. The molecule has 0 aliphatic rings. The van der Waals surface area contributed by atoms with Crippen molar-refractivity contribution in [1.29, 1.82) is 0 Å². The fourth-order valence-electron chi connectivity index (χ4n) is 3.39. The summed E-state index contributed by atoms with van der Waals surface area (Å²) in [7, 11) is 0. The summed E-state index contributed by atoms with van der Waals surface area (Å²) >= 11 is 1.18. The summed E-state index contributed by atoms with van der Waals surface area (Å²) in [5, 5.41) is 3.07. The van der Waals surface area contributed by atoms with E-state index in [1.54, 1.807) is 17.5 Å². The Morgan fingerprint density at radius 3 is 2.68 bits per heavy atom. The number of ether oxygens (including phenoxy) is 1. The third-order valence-corrected chi connectivity index (χ3v) is 5.70. The number of rotatable bonds is 6. The molecule has 0 N–H and O–H groups in total. The van der Waals surface area contributed by atoms with Crippen LogP contribution < -0.4 is 4.90 Å². The number of hydrogen-bond acceptors (Lipinski definition) is 5. The summed E-state index contributed by atoms with van der Waals surface area (Å²) < 4.78 is 21.5. The molecule has 0 aliphatic carbocycles. The van der Waals surface area contributed by atoms with E-state index in [9.17, 15) is 14.0 Å². The first kappa shape index (κ1) is 20.7. The first-order valence-electron chi connectivity index (χ1n) is 9.64. The SMILES string of the molecule is CC(=O)N(c1nc(COC(=O)Cn2c(C)cc3ccccc32)cs1)c1ccccc1F. The number of carbonyl (C=O) groups excluding carboxylic acids is 2. The second-order valence-electron chi connectivity index (χ2n) is 7.02. The van der Waals surface area contributed by atoms with Crippen LogP contribution in [0.2, 0.25) is 0 Å². The molecule has 1 amide bonds. The van der Waals surface area contributed by atoms with E-state index in [1.165, 1.54) is 35.3 Å². The van der Waals surface area contributed by atoms with Crippen LogP contribution in [0.15, 0.2) is 60.0 Å². The number of aryl methyl sites for hydroxylation is 1. The summed E-state index contributed by atoms with van der Waals surface area (Å²) in [4.78, 5) is 30.1. The maximum atomic E-state index is 14.2. The minimum Gasteiger partial charge on any atom is -0.458 e. The molecule has 0 radical (unpaired) electrons. The smallest absolute Gasteiger partial charge is 0.326 e. The number of amides is 1. The molecule has 0 fully saturated rings. The maximum Gasteiger partial charge on any atom is 0.326 e. The molecular weight excluding hydrogens is 417 g/mol. The van der Waals surface area contributed by atoms with Gasteiger partial charge in [-0.15, -0.1) is 11.3 Å². The number of carbonyl (C=O) groups is 2. The number of thiazole rings is 1. The summed E-state index contributed by atoms with van der Waals surface area (Å²) in [6.45, 7) is 3.35. The van der Waals surface area contributed by atoms with Crippen LogP contribution in [-0.4, -0.2) is 21.4 Å². The predicted octanol–water partition coefficient (Wildman–Crippen LogP) is 4.97. The molecule has 2 aromatic heterocycles. The van der Waals surface area contributed by atoms with Crippen LogP contribution in [0.1, 0.15) is 18.3 Å². The van der Waals surface area contributed by atoms with Crippen molar-refractivity contribution in [2.24, 2.45) is 0 Å². The van der Waals surface area contributed by atoms with Gasteiger partial charge in [0.05, 0.1) is 11.4 Å². The van der Waals surface area contributed by atoms with E-state index in [2.05, 4.69) is 4.98 Å². The van der Waals surface area contributed by atoms with Crippen molar-refractivity contribution in [1.82, 2.24) is 9.55 Å². The van der Waals surface area contributed by atoms with Gasteiger partial charge in [0, 0.05) is 23.5 Å². The van der Waals surface area contributed by atoms with E-state index in [1.807, 2.05) is 41.8 Å². The summed E-state index contributed by atoms with van der Waals surface area (Å²) in [6, 6.07) is 15.9. The Labute approximate surface area is 182 Å². The number of aromatic nitrogens is 2. The van der Waals surface area contributed by atoms with Crippen LogP contribution in [-0.2, 0) is 27.5 Å². The quantitative estimate of drug-likeness (QED) is 0.400. The van der Waals surface area contributed by atoms with Crippen LogP contribution in [0, 0.1) is 12.7 Å². The highest BCUT2D eigenvalue weighted by atomic mass is 32.1. The second kappa shape index (κ2) is 8.69. The fraction of sp³-hybridized carbons (Fsp3) is 0.174. The number of para-hydroxylation sites is 2. The monoisotopic (exact) mass is 437 g/mol. The molecule has 158 valence electrons. The van der Waals surface area contributed by atoms with Gasteiger partial charge in [-0.05, 0) is 36.6 Å². The molecule has 0 saturated carbocycles. The van der Waals surface area contributed by atoms with Gasteiger partial charge in [-0.1, -0.05) is 30.3 Å². The first-order chi connectivity index (χ1) is 14.9. The van der Waals surface area contributed by atoms with Crippen molar-refractivity contribution in [2.45, 2.75) is 27.0 Å². The fourth-order valence-corrected chi connectivity index (χ4v) is 4.26. The molecule has 0 saturated heterocycles. The van der Waals surface area contributed by atoms with E-state index in [4.69, 9.17) is 4.74 Å². The third-order valence-electron chi connectivity index (χ3n) is 4.83. The van der Waals surface area contributed by atoms with Crippen molar-refractivity contribution in [3.8, 4) is 0 Å². The molecule has 0 unspecified atom stereocenters. The van der Waals surface area contributed by atoms with Gasteiger partial charge in [0.25, 0.3) is 0 Å². The van der Waals surface area contributed by atoms with Crippen molar-refractivity contribution < 1.29 is 18.7 Å². The number of halogens is 1. The third kappa shape index (κ3) is 4.34. The number of fused-ring (bicyclic) bond motifs is 1. The molecule has 8 heteroatoms. The standard InChI is InChI=1S/C23H20FN3O3S/c1-15-11-17-7-3-5-9-20(17)26(15)12-22(29)30-13-18-14-31-23(25-18)27(16(2)28)21-10-6-4-8-19(21)24/h3-11,14H,12-13H2,1-2H3. The van der Waals surface area contributed by atoms with Gasteiger partial charge in [0.2, 0.25) is 5.91 Å². The van der Waals surface area contributed by atoms with Gasteiger partial charge in [-0.25, -0.2) is 9.37 Å². The molecule has 0 atom stereocenters. The number of hydrogen-bond donors (Lipinski definition) is 0. The van der Waals surface area contributed by atoms with Crippen LogP contribution in [0.4, 0.5) is 15.2 Å². The van der Waals surface area contributed by atoms with Crippen molar-refractivity contribution in [3.05, 3.63) is 77.2 Å². The largest absolute Gasteiger partial charge is 0.458 e. The molecule has 2 heterocycles. The van der Waals surface area contributed by atoms with Gasteiger partial charge >= 0.3 is 5.97 Å². The van der Waals surface area contributed by atoms with Crippen molar-refractivity contribution in [2.75, 3.05) is 4.90 Å². The Hall–Kier alpha value is -3.52. The topological polar surface area (TPSA) is 64.4 Å². The van der Waals surface area contributed by atoms with Crippen molar-refractivity contribution in [3.63, 3.8) is 0 Å². The second-order valence-corrected chi connectivity index (χ2v) is 7.86. The van der Waals surface area contributed by atoms with E-state index >= 15 is 0 Å². The molecule has 4 aromatic rings. The molecule has 0 aliphatic heterocycles. The first-order valence-corrected chi connectivity index (χ1v) is 10.5. The zero-order chi connectivity index (χ0) is 22.0. The molecule has 2 aromatic carbocycles. The summed E-state index contributed by atoms with van der Waals surface area (Å²) in [5.41, 5.74) is 2.55. The maximum absolute atomic E-state index is 14.2. The number of esters is 1. The normalized spacial score (nSPS) is 10.9. The number of benzene rings is 2. The minimum atomic E-state index is -0.518. The zero-order valence-corrected chi connectivity index (χ0v) is 17.9. The Morgan fingerprint density at radius 1 is 1.16 bits per heavy atom. The number of nitrogens with zero attached hydrogens (tertiary/aromatic N) is 3. The van der Waals surface area contributed by atoms with Gasteiger partial charge < -0.3 is 9.30 Å². The Balaban J connectivity index is 1.45. The Kier molecular flexibility index (Phi) is 5.81. The highest BCUT2D eigenvalue weighted by molar-refractivity contribution is 7.14. The molecule has 6 nitrogen and oxygen atoms in total. The minimum absolute atomic E-state index is 0.0312. The molecular formula is C23H20FN3O3S. The van der Waals surface area contributed by atoms with Gasteiger partial charge in [0.1, 0.15) is 19.0 Å². The molecule has 31 heavy (non-hydrogen) atoms. The van der Waals surface area contributed by atoms with E-state index in [-0.39, 0.29) is 24.7 Å². The Bertz CT molecular complexity index is 1260. The molecule has 0 spiro atoms. The lowest BCUT2D eigenvalue weighted by Crippen LogP contribution is -2.23. The Morgan fingerprint density at radius 2 is 1.90 bits per heavy atom. The molecule has 0 bridgehead atoms. The van der Waals surface area contributed by atoms with Gasteiger partial charge in [-0.3, -0.25) is 14.5 Å². The van der Waals surface area contributed by atoms with Crippen LogP contribution >= 0.6 is 11.3 Å². The average Bonchev–Trinajstić information content (AvgIpc) is 3.32. The van der Waals surface area contributed by atoms with E-state index < -0.39 is 11.8 Å².